The van der Waals surface area contributed by atoms with E-state index in [4.69, 9.17) is 0 Å². The molecular formula is C22H34F3NO2S. The lowest BCUT2D eigenvalue weighted by molar-refractivity contribution is -0.135. The van der Waals surface area contributed by atoms with E-state index in [0.717, 1.165) is 50.8 Å². The second-order valence-corrected chi connectivity index (χ2v) is 8.98. The van der Waals surface area contributed by atoms with Crippen LogP contribution in [0.3, 0.4) is 0 Å². The summed E-state index contributed by atoms with van der Waals surface area (Å²) in [7, 11) is -1.12. The molecule has 166 valence electrons. The largest absolute Gasteiger partial charge is 0.389 e. The molecule has 0 amide bonds. The van der Waals surface area contributed by atoms with Gasteiger partial charge in [-0.2, -0.15) is 13.2 Å². The molecule has 1 aromatic carbocycles. The van der Waals surface area contributed by atoms with Gasteiger partial charge in [0.25, 0.3) is 0 Å². The third-order valence-corrected chi connectivity index (χ3v) is 5.43. The summed E-state index contributed by atoms with van der Waals surface area (Å²) in [4.78, 5) is 11.8. The van der Waals surface area contributed by atoms with Crippen LogP contribution in [0, 0.1) is 0 Å². The summed E-state index contributed by atoms with van der Waals surface area (Å²) in [6.45, 7) is 0.880. The predicted molar refractivity (Wildman–Crippen MR) is 115 cm³/mol. The van der Waals surface area contributed by atoms with E-state index >= 15 is 0 Å². The molecule has 0 aromatic heterocycles. The van der Waals surface area contributed by atoms with E-state index in [9.17, 15) is 22.2 Å². The van der Waals surface area contributed by atoms with Crippen LogP contribution in [0.4, 0.5) is 18.9 Å². The number of carbonyl (C=O) groups excluding carboxylic acids is 1. The number of alkyl halides is 3. The van der Waals surface area contributed by atoms with E-state index in [1.165, 1.54) is 19.1 Å². The van der Waals surface area contributed by atoms with Gasteiger partial charge in [0.15, 0.2) is 5.78 Å². The van der Waals surface area contributed by atoms with Crippen LogP contribution in [0.25, 0.3) is 0 Å². The molecule has 0 spiro atoms. The van der Waals surface area contributed by atoms with Crippen molar-refractivity contribution in [1.29, 1.82) is 0 Å². The average molecular weight is 434 g/mol. The molecule has 1 N–H and O–H groups in total. The Morgan fingerprint density at radius 3 is 1.83 bits per heavy atom. The Bertz CT molecular complexity index is 603. The van der Waals surface area contributed by atoms with Crippen molar-refractivity contribution in [3.05, 3.63) is 29.8 Å². The van der Waals surface area contributed by atoms with Gasteiger partial charge in [0.2, 0.25) is 0 Å². The third kappa shape index (κ3) is 14.3. The average Bonchev–Trinajstić information content (AvgIpc) is 2.64. The van der Waals surface area contributed by atoms with Gasteiger partial charge in [-0.25, -0.2) is 0 Å². The molecule has 1 aromatic rings. The number of halogens is 3. The van der Waals surface area contributed by atoms with E-state index in [0.29, 0.717) is 12.0 Å². The summed E-state index contributed by atoms with van der Waals surface area (Å²) >= 11 is 0. The lowest BCUT2D eigenvalue weighted by Gasteiger charge is -2.07. The Kier molecular flexibility index (Phi) is 12.9. The molecule has 0 bridgehead atoms. The number of ketones is 1. The van der Waals surface area contributed by atoms with E-state index in [2.05, 4.69) is 5.32 Å². The fourth-order valence-corrected chi connectivity index (χ4v) is 3.68. The molecule has 0 saturated carbocycles. The molecule has 0 aliphatic rings. The van der Waals surface area contributed by atoms with Crippen LogP contribution in [0.5, 0.6) is 0 Å². The molecule has 0 aliphatic carbocycles. The van der Waals surface area contributed by atoms with Crippen molar-refractivity contribution in [2.24, 2.45) is 0 Å². The van der Waals surface area contributed by atoms with Crippen LogP contribution >= 0.6 is 0 Å². The summed E-state index contributed by atoms with van der Waals surface area (Å²) in [5.41, 5.74) is 1.57. The van der Waals surface area contributed by atoms with Crippen LogP contribution < -0.4 is 5.32 Å². The number of anilines is 1. The van der Waals surface area contributed by atoms with Crippen molar-refractivity contribution >= 4 is 22.3 Å². The van der Waals surface area contributed by atoms with Gasteiger partial charge in [-0.15, -0.1) is 0 Å². The van der Waals surface area contributed by atoms with Gasteiger partial charge in [0.1, 0.15) is 0 Å². The summed E-state index contributed by atoms with van der Waals surface area (Å²) in [5, 5.41) is 3.34. The number of hydrogen-bond donors (Lipinski definition) is 1. The van der Waals surface area contributed by atoms with Gasteiger partial charge in [0.05, 0.1) is 5.75 Å². The molecule has 3 nitrogen and oxygen atoms in total. The lowest BCUT2D eigenvalue weighted by Crippen LogP contribution is -2.09. The Morgan fingerprint density at radius 2 is 1.34 bits per heavy atom. The Labute approximate surface area is 175 Å². The summed E-state index contributed by atoms with van der Waals surface area (Å²) in [5.74, 6) is -0.0381. The molecule has 1 atom stereocenters. The molecule has 0 heterocycles. The van der Waals surface area contributed by atoms with Crippen LogP contribution in [-0.2, 0) is 10.8 Å². The number of unbranched alkanes of at least 4 members (excludes halogenated alkanes) is 9. The highest BCUT2D eigenvalue weighted by Crippen LogP contribution is 2.23. The van der Waals surface area contributed by atoms with Crippen molar-refractivity contribution in [2.75, 3.05) is 23.9 Å². The molecule has 1 rings (SSSR count). The fourth-order valence-electron chi connectivity index (χ4n) is 3.14. The van der Waals surface area contributed by atoms with Gasteiger partial charge in [0, 0.05) is 41.3 Å². The zero-order chi connectivity index (χ0) is 21.5. The number of benzene rings is 1. The molecular weight excluding hydrogens is 399 g/mol. The molecule has 7 heteroatoms. The fraction of sp³-hybridized carbons (Fsp3) is 0.682. The van der Waals surface area contributed by atoms with Crippen LogP contribution in [0.15, 0.2) is 24.3 Å². The minimum atomic E-state index is -4.01. The molecule has 0 radical (unpaired) electrons. The monoisotopic (exact) mass is 433 g/mol. The van der Waals surface area contributed by atoms with E-state index in [-0.39, 0.29) is 18.0 Å². The van der Waals surface area contributed by atoms with Gasteiger partial charge in [-0.05, 0) is 37.1 Å². The Morgan fingerprint density at radius 1 is 0.862 bits per heavy atom. The topological polar surface area (TPSA) is 46.2 Å². The van der Waals surface area contributed by atoms with Crippen molar-refractivity contribution in [3.8, 4) is 0 Å². The van der Waals surface area contributed by atoms with Gasteiger partial charge >= 0.3 is 6.18 Å². The minimum Gasteiger partial charge on any atom is -0.385 e. The second-order valence-electron chi connectivity index (χ2n) is 7.55. The first kappa shape index (κ1) is 25.7. The number of Topliss-reactive ketones (excluding diaryl/α,β-unsaturated/α-hetero) is 1. The summed E-state index contributed by atoms with van der Waals surface area (Å²) in [6.07, 6.45) is 6.60. The molecule has 29 heavy (non-hydrogen) atoms. The van der Waals surface area contributed by atoms with E-state index < -0.39 is 23.4 Å². The number of rotatable bonds is 16. The van der Waals surface area contributed by atoms with Crippen LogP contribution in [-0.4, -0.2) is 34.7 Å². The molecule has 0 aliphatic heterocycles. The Hall–Kier alpha value is -1.37. The van der Waals surface area contributed by atoms with Crippen molar-refractivity contribution in [3.63, 3.8) is 0 Å². The number of carbonyl (C=O) groups is 1. The number of hydrogen-bond acceptors (Lipinski definition) is 3. The molecule has 1 unspecified atom stereocenters. The summed E-state index contributed by atoms with van der Waals surface area (Å²) in [6, 6.07) is 7.28. The summed E-state index contributed by atoms with van der Waals surface area (Å²) < 4.78 is 47.1. The SMILES string of the molecule is CS(=O)CC(=O)c1ccc(NCCCCCCCCCCCCC(F)(F)F)cc1. The first-order chi connectivity index (χ1) is 13.8. The smallest absolute Gasteiger partial charge is 0.385 e. The number of nitrogens with one attached hydrogen (secondary N) is 1. The van der Waals surface area contributed by atoms with Gasteiger partial charge in [-0.1, -0.05) is 51.4 Å². The van der Waals surface area contributed by atoms with Gasteiger partial charge < -0.3 is 5.32 Å². The molecule has 0 fully saturated rings. The Balaban J connectivity index is 1.96. The maximum Gasteiger partial charge on any atom is 0.389 e. The highest BCUT2D eigenvalue weighted by atomic mass is 32.2. The minimum absolute atomic E-state index is 0.0604. The maximum atomic E-state index is 12.0. The highest BCUT2D eigenvalue weighted by Gasteiger charge is 2.25. The highest BCUT2D eigenvalue weighted by molar-refractivity contribution is 7.85. The normalized spacial score (nSPS) is 12.7. The van der Waals surface area contributed by atoms with Crippen LogP contribution in [0.2, 0.25) is 0 Å². The zero-order valence-corrected chi connectivity index (χ0v) is 18.2. The van der Waals surface area contributed by atoms with Crippen molar-refractivity contribution < 1.29 is 22.2 Å². The van der Waals surface area contributed by atoms with Gasteiger partial charge in [-0.3, -0.25) is 9.00 Å². The zero-order valence-electron chi connectivity index (χ0n) is 17.4. The van der Waals surface area contributed by atoms with E-state index in [1.807, 2.05) is 12.1 Å². The predicted octanol–water partition coefficient (Wildman–Crippen LogP) is 6.51. The molecule has 0 saturated heterocycles. The van der Waals surface area contributed by atoms with Crippen molar-refractivity contribution in [1.82, 2.24) is 0 Å². The second kappa shape index (κ2) is 14.6. The third-order valence-electron chi connectivity index (χ3n) is 4.76. The van der Waals surface area contributed by atoms with Crippen molar-refractivity contribution in [2.45, 2.75) is 76.8 Å². The van der Waals surface area contributed by atoms with Crippen LogP contribution in [0.1, 0.15) is 81.0 Å². The first-order valence-electron chi connectivity index (χ1n) is 10.5. The lowest BCUT2D eigenvalue weighted by atomic mass is 10.1. The maximum absolute atomic E-state index is 12.0. The quantitative estimate of drug-likeness (QED) is 0.239. The van der Waals surface area contributed by atoms with E-state index in [1.54, 1.807) is 12.1 Å². The first-order valence-corrected chi connectivity index (χ1v) is 12.2. The standard InChI is InChI=1S/C22H34F3NO2S/c1-29(28)18-21(27)19-12-14-20(15-13-19)26-17-11-9-7-5-3-2-4-6-8-10-16-22(23,24)25/h12-15,26H,2-11,16-18H2,1H3.